The lowest BCUT2D eigenvalue weighted by Crippen LogP contribution is -2.51. The third-order valence-corrected chi connectivity index (χ3v) is 6.62. The molecule has 1 atom stereocenters. The van der Waals surface area contributed by atoms with Crippen LogP contribution < -0.4 is 10.1 Å². The van der Waals surface area contributed by atoms with Gasteiger partial charge in [-0.05, 0) is 46.7 Å². The summed E-state index contributed by atoms with van der Waals surface area (Å²) in [6.07, 6.45) is 2.23. The van der Waals surface area contributed by atoms with E-state index in [-0.39, 0.29) is 30.4 Å². The van der Waals surface area contributed by atoms with E-state index in [9.17, 15) is 9.59 Å². The minimum absolute atomic E-state index is 0.144. The lowest BCUT2D eigenvalue weighted by Gasteiger charge is -2.32. The Labute approximate surface area is 232 Å². The largest absolute Gasteiger partial charge is 0.483 e. The van der Waals surface area contributed by atoms with Crippen LogP contribution in [-0.2, 0) is 28.0 Å². The zero-order valence-corrected chi connectivity index (χ0v) is 23.6. The molecule has 3 aromatic carbocycles. The summed E-state index contributed by atoms with van der Waals surface area (Å²) in [5, 5.41) is 3.62. The summed E-state index contributed by atoms with van der Waals surface area (Å²) in [7, 11) is 0. The van der Waals surface area contributed by atoms with Crippen LogP contribution in [0, 0.1) is 0 Å². The third-order valence-electron chi connectivity index (χ3n) is 6.39. The highest BCUT2D eigenvalue weighted by molar-refractivity contribution is 6.30. The molecule has 0 fully saturated rings. The van der Waals surface area contributed by atoms with Crippen LogP contribution in [0.15, 0.2) is 78.9 Å². The second-order valence-electron chi connectivity index (χ2n) is 10.5. The summed E-state index contributed by atoms with van der Waals surface area (Å²) in [5.41, 5.74) is 2.70. The van der Waals surface area contributed by atoms with E-state index in [1.54, 1.807) is 11.0 Å². The van der Waals surface area contributed by atoms with E-state index in [1.165, 1.54) is 0 Å². The first-order valence-corrected chi connectivity index (χ1v) is 13.6. The number of unbranched alkanes of at least 4 members (excludes halogenated alkanes) is 1. The highest BCUT2D eigenvalue weighted by Gasteiger charge is 2.31. The number of nitrogens with zero attached hydrogens (tertiary/aromatic N) is 1. The molecule has 38 heavy (non-hydrogen) atoms. The zero-order chi connectivity index (χ0) is 27.5. The molecule has 0 saturated carbocycles. The lowest BCUT2D eigenvalue weighted by molar-refractivity contribution is -0.142. The van der Waals surface area contributed by atoms with Crippen LogP contribution in [0.4, 0.5) is 0 Å². The molecule has 0 aromatic heterocycles. The number of hydrogen-bond acceptors (Lipinski definition) is 3. The van der Waals surface area contributed by atoms with Crippen molar-refractivity contribution >= 4 is 23.4 Å². The van der Waals surface area contributed by atoms with Gasteiger partial charge in [0, 0.05) is 24.5 Å². The first-order valence-electron chi connectivity index (χ1n) is 13.3. The Balaban J connectivity index is 1.92. The second-order valence-corrected chi connectivity index (χ2v) is 11.0. The maximum absolute atomic E-state index is 13.8. The van der Waals surface area contributed by atoms with Crippen molar-refractivity contribution in [2.45, 2.75) is 65.0 Å². The van der Waals surface area contributed by atoms with Gasteiger partial charge in [-0.3, -0.25) is 9.59 Å². The molecular weight excluding hydrogens is 496 g/mol. The quantitative estimate of drug-likeness (QED) is 0.267. The van der Waals surface area contributed by atoms with Gasteiger partial charge < -0.3 is 15.0 Å². The molecule has 2 amide bonds. The van der Waals surface area contributed by atoms with Crippen molar-refractivity contribution in [1.29, 1.82) is 0 Å². The maximum Gasteiger partial charge on any atom is 0.261 e. The highest BCUT2D eigenvalue weighted by atomic mass is 35.5. The van der Waals surface area contributed by atoms with E-state index in [0.29, 0.717) is 23.7 Å². The van der Waals surface area contributed by atoms with Gasteiger partial charge in [0.05, 0.1) is 0 Å². The van der Waals surface area contributed by atoms with Crippen LogP contribution in [0.2, 0.25) is 5.02 Å². The maximum atomic E-state index is 13.8. The van der Waals surface area contributed by atoms with Gasteiger partial charge in [0.15, 0.2) is 6.61 Å². The molecule has 3 rings (SSSR count). The molecule has 0 aliphatic heterocycles. The Bertz CT molecular complexity index is 1190. The van der Waals surface area contributed by atoms with Crippen molar-refractivity contribution in [3.63, 3.8) is 0 Å². The molecule has 0 spiro atoms. The summed E-state index contributed by atoms with van der Waals surface area (Å²) in [6, 6.07) is 24.2. The number of rotatable bonds is 12. The van der Waals surface area contributed by atoms with Crippen LogP contribution in [0.25, 0.3) is 0 Å². The standard InChI is InChI=1S/C32H39ClN2O3/c1-5-6-19-34-31(37)28(21-24-13-8-7-9-14-24)35(22-25-15-12-16-26(33)20-25)30(36)23-38-29-18-11-10-17-27(29)32(2,3)4/h7-18,20,28H,5-6,19,21-23H2,1-4H3,(H,34,37)/t28-/m1/s1. The first kappa shape index (κ1) is 29.2. The van der Waals surface area contributed by atoms with Crippen LogP contribution in [0.1, 0.15) is 57.2 Å². The summed E-state index contributed by atoms with van der Waals surface area (Å²) >= 11 is 6.26. The molecule has 202 valence electrons. The molecule has 0 aliphatic carbocycles. The van der Waals surface area contributed by atoms with Gasteiger partial charge in [-0.15, -0.1) is 0 Å². The van der Waals surface area contributed by atoms with Crippen LogP contribution in [-0.4, -0.2) is 35.9 Å². The van der Waals surface area contributed by atoms with Crippen molar-refractivity contribution < 1.29 is 14.3 Å². The van der Waals surface area contributed by atoms with Crippen LogP contribution in [0.5, 0.6) is 5.75 Å². The molecule has 1 N–H and O–H groups in total. The minimum Gasteiger partial charge on any atom is -0.483 e. The average molecular weight is 535 g/mol. The predicted molar refractivity (Wildman–Crippen MR) is 154 cm³/mol. The number of carbonyl (C=O) groups excluding carboxylic acids is 2. The number of benzene rings is 3. The first-order chi connectivity index (χ1) is 18.2. The fourth-order valence-corrected chi connectivity index (χ4v) is 4.54. The van der Waals surface area contributed by atoms with Gasteiger partial charge in [0.1, 0.15) is 11.8 Å². The Morgan fingerprint density at radius 2 is 1.63 bits per heavy atom. The van der Waals surface area contributed by atoms with E-state index in [4.69, 9.17) is 16.3 Å². The van der Waals surface area contributed by atoms with Crippen molar-refractivity contribution in [1.82, 2.24) is 10.2 Å². The number of hydrogen-bond donors (Lipinski definition) is 1. The van der Waals surface area contributed by atoms with Gasteiger partial charge in [0.25, 0.3) is 5.91 Å². The number of carbonyl (C=O) groups is 2. The molecule has 0 heterocycles. The van der Waals surface area contributed by atoms with Gasteiger partial charge in [0.2, 0.25) is 5.91 Å². The fourth-order valence-electron chi connectivity index (χ4n) is 4.33. The normalized spacial score (nSPS) is 12.0. The molecule has 6 heteroatoms. The van der Waals surface area contributed by atoms with Crippen molar-refractivity contribution in [2.75, 3.05) is 13.2 Å². The van der Waals surface area contributed by atoms with Gasteiger partial charge in [-0.2, -0.15) is 0 Å². The summed E-state index contributed by atoms with van der Waals surface area (Å²) < 4.78 is 6.10. The van der Waals surface area contributed by atoms with Gasteiger partial charge >= 0.3 is 0 Å². The summed E-state index contributed by atoms with van der Waals surface area (Å²) in [4.78, 5) is 29.0. The fraction of sp³-hybridized carbons (Fsp3) is 0.375. The SMILES string of the molecule is CCCCNC(=O)[C@@H](Cc1ccccc1)N(Cc1cccc(Cl)c1)C(=O)COc1ccccc1C(C)(C)C. The number of halogens is 1. The Hall–Kier alpha value is -3.31. The van der Waals surface area contributed by atoms with E-state index in [2.05, 4.69) is 33.0 Å². The van der Waals surface area contributed by atoms with Crippen LogP contribution >= 0.6 is 11.6 Å². The second kappa shape index (κ2) is 14.0. The molecule has 5 nitrogen and oxygen atoms in total. The molecule has 3 aromatic rings. The van der Waals surface area contributed by atoms with Crippen LogP contribution in [0.3, 0.4) is 0 Å². The monoisotopic (exact) mass is 534 g/mol. The molecule has 0 radical (unpaired) electrons. The van der Waals surface area contributed by atoms with Crippen molar-refractivity contribution in [2.24, 2.45) is 0 Å². The topological polar surface area (TPSA) is 58.6 Å². The van der Waals surface area contributed by atoms with Gasteiger partial charge in [-0.25, -0.2) is 0 Å². The van der Waals surface area contributed by atoms with Gasteiger partial charge in [-0.1, -0.05) is 106 Å². The molecule has 0 unspecified atom stereocenters. The summed E-state index contributed by atoms with van der Waals surface area (Å²) in [6.45, 7) is 9.03. The molecular formula is C32H39ClN2O3. The van der Waals surface area contributed by atoms with Crippen molar-refractivity contribution in [3.05, 3.63) is 101 Å². The van der Waals surface area contributed by atoms with E-state index in [0.717, 1.165) is 29.5 Å². The predicted octanol–water partition coefficient (Wildman–Crippen LogP) is 6.57. The van der Waals surface area contributed by atoms with E-state index >= 15 is 0 Å². The van der Waals surface area contributed by atoms with E-state index in [1.807, 2.05) is 72.8 Å². The number of para-hydroxylation sites is 1. The van der Waals surface area contributed by atoms with E-state index < -0.39 is 6.04 Å². The van der Waals surface area contributed by atoms with Crippen molar-refractivity contribution in [3.8, 4) is 5.75 Å². The Morgan fingerprint density at radius 1 is 0.947 bits per heavy atom. The molecule has 0 bridgehead atoms. The summed E-state index contributed by atoms with van der Waals surface area (Å²) in [5.74, 6) is 0.232. The Morgan fingerprint density at radius 3 is 2.32 bits per heavy atom. The average Bonchev–Trinajstić information content (AvgIpc) is 2.89. The smallest absolute Gasteiger partial charge is 0.261 e. The minimum atomic E-state index is -0.706. The Kier molecular flexibility index (Phi) is 10.8. The number of ether oxygens (including phenoxy) is 1. The molecule has 0 aliphatic rings. The number of nitrogens with one attached hydrogen (secondary N) is 1. The lowest BCUT2D eigenvalue weighted by atomic mass is 9.86. The molecule has 0 saturated heterocycles. The zero-order valence-electron chi connectivity index (χ0n) is 22.9. The highest BCUT2D eigenvalue weighted by Crippen LogP contribution is 2.31. The third kappa shape index (κ3) is 8.63. The number of amides is 2.